The van der Waals surface area contributed by atoms with Crippen molar-refractivity contribution < 1.29 is 22.5 Å². The predicted octanol–water partition coefficient (Wildman–Crippen LogP) is 2.65. The summed E-state index contributed by atoms with van der Waals surface area (Å²) in [6, 6.07) is 6.47. The van der Waals surface area contributed by atoms with Crippen LogP contribution in [0.4, 0.5) is 14.5 Å². The molecular formula is C17H14F2N4O3. The molecular weight excluding hydrogens is 346 g/mol. The molecule has 1 aliphatic heterocycles. The third kappa shape index (κ3) is 3.33. The first-order valence-electron chi connectivity index (χ1n) is 7.93. The number of aromatic nitrogens is 2. The number of likely N-dealkylation sites (tertiary alicyclic amines) is 1. The molecule has 0 aliphatic carbocycles. The number of carbonyl (C=O) groups is 1. The van der Waals surface area contributed by atoms with Crippen LogP contribution in [-0.4, -0.2) is 40.6 Å². The zero-order valence-corrected chi connectivity index (χ0v) is 13.5. The van der Waals surface area contributed by atoms with Gasteiger partial charge in [0.05, 0.1) is 24.4 Å². The second kappa shape index (κ2) is 6.68. The predicted molar refractivity (Wildman–Crippen MR) is 86.2 cm³/mol. The molecule has 0 radical (unpaired) electrons. The molecule has 0 spiro atoms. The Balaban J connectivity index is 1.29. The van der Waals surface area contributed by atoms with Crippen LogP contribution in [0.2, 0.25) is 0 Å². The lowest BCUT2D eigenvalue weighted by Gasteiger charge is -2.36. The van der Waals surface area contributed by atoms with E-state index in [9.17, 15) is 13.6 Å². The summed E-state index contributed by atoms with van der Waals surface area (Å²) < 4.78 is 36.9. The van der Waals surface area contributed by atoms with Crippen LogP contribution in [0.25, 0.3) is 11.6 Å². The normalized spacial score (nSPS) is 15.0. The van der Waals surface area contributed by atoms with Crippen LogP contribution in [0, 0.1) is 11.6 Å². The molecule has 0 bridgehead atoms. The van der Waals surface area contributed by atoms with Crippen LogP contribution in [0.3, 0.4) is 0 Å². The van der Waals surface area contributed by atoms with E-state index in [1.807, 2.05) is 4.90 Å². The molecule has 1 fully saturated rings. The summed E-state index contributed by atoms with van der Waals surface area (Å²) in [5.74, 6) is -0.462. The van der Waals surface area contributed by atoms with Crippen LogP contribution in [0.5, 0.6) is 0 Å². The molecule has 7 nitrogen and oxygen atoms in total. The topological polar surface area (TPSA) is 84.4 Å². The molecule has 1 saturated heterocycles. The van der Waals surface area contributed by atoms with Gasteiger partial charge >= 0.3 is 0 Å². The number of rotatable bonds is 5. The van der Waals surface area contributed by atoms with Gasteiger partial charge in [-0.1, -0.05) is 5.16 Å². The smallest absolute Gasteiger partial charge is 0.238 e. The van der Waals surface area contributed by atoms with Crippen LogP contribution in [0.1, 0.15) is 11.8 Å². The van der Waals surface area contributed by atoms with Gasteiger partial charge in [0, 0.05) is 19.2 Å². The first-order chi connectivity index (χ1) is 12.6. The molecule has 4 rings (SSSR count). The lowest BCUT2D eigenvalue weighted by Crippen LogP contribution is -2.48. The van der Waals surface area contributed by atoms with Gasteiger partial charge in [-0.2, -0.15) is 4.98 Å². The van der Waals surface area contributed by atoms with Crippen molar-refractivity contribution in [1.82, 2.24) is 15.0 Å². The van der Waals surface area contributed by atoms with Crippen molar-refractivity contribution in [2.75, 3.05) is 25.0 Å². The molecule has 0 atom stereocenters. The van der Waals surface area contributed by atoms with E-state index in [4.69, 9.17) is 8.94 Å². The van der Waals surface area contributed by atoms with Crippen molar-refractivity contribution >= 4 is 11.6 Å². The second-order valence-electron chi connectivity index (χ2n) is 6.00. The van der Waals surface area contributed by atoms with Gasteiger partial charge in [-0.05, 0) is 24.3 Å². The average molecular weight is 360 g/mol. The zero-order valence-electron chi connectivity index (χ0n) is 13.5. The van der Waals surface area contributed by atoms with Gasteiger partial charge in [-0.25, -0.2) is 8.78 Å². The van der Waals surface area contributed by atoms with E-state index in [2.05, 4.69) is 15.5 Å². The monoisotopic (exact) mass is 360 g/mol. The standard InChI is InChI=1S/C17H14F2N4O3/c18-11-3-4-13(12(19)6-11)20-15(24)9-23-7-10(8-23)17-21-16(22-26-17)14-2-1-5-25-14/h1-6,10H,7-9H2,(H,20,24). The van der Waals surface area contributed by atoms with Gasteiger partial charge in [-0.15, -0.1) is 0 Å². The molecule has 134 valence electrons. The molecule has 26 heavy (non-hydrogen) atoms. The van der Waals surface area contributed by atoms with Gasteiger partial charge in [-0.3, -0.25) is 9.69 Å². The van der Waals surface area contributed by atoms with Crippen molar-refractivity contribution in [2.45, 2.75) is 5.92 Å². The van der Waals surface area contributed by atoms with Crippen LogP contribution in [-0.2, 0) is 4.79 Å². The summed E-state index contributed by atoms with van der Waals surface area (Å²) in [4.78, 5) is 18.1. The zero-order chi connectivity index (χ0) is 18.1. The minimum atomic E-state index is -0.809. The molecule has 3 heterocycles. The number of hydrogen-bond donors (Lipinski definition) is 1. The molecule has 1 amide bonds. The molecule has 9 heteroatoms. The number of nitrogens with zero attached hydrogens (tertiary/aromatic N) is 3. The summed E-state index contributed by atoms with van der Waals surface area (Å²) in [5, 5.41) is 6.30. The minimum Gasteiger partial charge on any atom is -0.461 e. The highest BCUT2D eigenvalue weighted by Gasteiger charge is 2.34. The Kier molecular flexibility index (Phi) is 4.21. The Morgan fingerprint density at radius 1 is 1.31 bits per heavy atom. The van der Waals surface area contributed by atoms with E-state index < -0.39 is 11.6 Å². The molecule has 1 N–H and O–H groups in total. The van der Waals surface area contributed by atoms with Crippen molar-refractivity contribution in [3.63, 3.8) is 0 Å². The van der Waals surface area contributed by atoms with Crippen LogP contribution >= 0.6 is 0 Å². The third-order valence-electron chi connectivity index (χ3n) is 4.06. The van der Waals surface area contributed by atoms with Gasteiger partial charge < -0.3 is 14.3 Å². The molecule has 2 aromatic heterocycles. The number of nitrogens with one attached hydrogen (secondary N) is 1. The summed E-state index contributed by atoms with van der Waals surface area (Å²) in [6.07, 6.45) is 1.53. The van der Waals surface area contributed by atoms with Crippen molar-refractivity contribution in [3.05, 3.63) is 54.1 Å². The Bertz CT molecular complexity index is 920. The SMILES string of the molecule is O=C(CN1CC(c2nc(-c3ccco3)no2)C1)Nc1ccc(F)cc1F. The maximum Gasteiger partial charge on any atom is 0.238 e. The van der Waals surface area contributed by atoms with Crippen molar-refractivity contribution in [2.24, 2.45) is 0 Å². The lowest BCUT2D eigenvalue weighted by atomic mass is 10.0. The van der Waals surface area contributed by atoms with Crippen molar-refractivity contribution in [3.8, 4) is 11.6 Å². The number of benzene rings is 1. The molecule has 0 saturated carbocycles. The largest absolute Gasteiger partial charge is 0.461 e. The molecule has 1 aliphatic rings. The fourth-order valence-electron chi connectivity index (χ4n) is 2.75. The third-order valence-corrected chi connectivity index (χ3v) is 4.06. The summed E-state index contributed by atoms with van der Waals surface area (Å²) >= 11 is 0. The fourth-order valence-corrected chi connectivity index (χ4v) is 2.75. The van der Waals surface area contributed by atoms with E-state index in [-0.39, 0.29) is 24.1 Å². The Morgan fingerprint density at radius 2 is 2.15 bits per heavy atom. The quantitative estimate of drug-likeness (QED) is 0.753. The van der Waals surface area contributed by atoms with E-state index >= 15 is 0 Å². The van der Waals surface area contributed by atoms with Crippen LogP contribution in [0.15, 0.2) is 45.5 Å². The Labute approximate surface area is 146 Å². The second-order valence-corrected chi connectivity index (χ2v) is 6.00. The molecule has 0 unspecified atom stereocenters. The van der Waals surface area contributed by atoms with Crippen molar-refractivity contribution in [1.29, 1.82) is 0 Å². The molecule has 1 aromatic carbocycles. The number of anilines is 1. The fraction of sp³-hybridized carbons (Fsp3) is 0.235. The summed E-state index contributed by atoms with van der Waals surface area (Å²) in [7, 11) is 0. The lowest BCUT2D eigenvalue weighted by molar-refractivity contribution is -0.118. The highest BCUT2D eigenvalue weighted by atomic mass is 19.1. The number of furan rings is 1. The summed E-state index contributed by atoms with van der Waals surface area (Å²) in [5.41, 5.74) is -0.0477. The highest BCUT2D eigenvalue weighted by molar-refractivity contribution is 5.92. The van der Waals surface area contributed by atoms with Gasteiger partial charge in [0.2, 0.25) is 17.6 Å². The minimum absolute atomic E-state index is 0.0292. The number of halogens is 2. The van der Waals surface area contributed by atoms with Gasteiger partial charge in [0.25, 0.3) is 0 Å². The maximum absolute atomic E-state index is 13.5. The van der Waals surface area contributed by atoms with E-state index in [1.165, 1.54) is 12.3 Å². The summed E-state index contributed by atoms with van der Waals surface area (Å²) in [6.45, 7) is 1.23. The molecule has 3 aromatic rings. The Morgan fingerprint density at radius 3 is 2.88 bits per heavy atom. The highest BCUT2D eigenvalue weighted by Crippen LogP contribution is 2.27. The van der Waals surface area contributed by atoms with Gasteiger partial charge in [0.1, 0.15) is 11.6 Å². The Hall–Kier alpha value is -3.07. The van der Waals surface area contributed by atoms with E-state index in [1.54, 1.807) is 12.1 Å². The maximum atomic E-state index is 13.5. The first-order valence-corrected chi connectivity index (χ1v) is 7.93. The van der Waals surface area contributed by atoms with Gasteiger partial charge in [0.15, 0.2) is 5.76 Å². The number of hydrogen-bond acceptors (Lipinski definition) is 6. The number of carbonyl (C=O) groups excluding carboxylic acids is 1. The average Bonchev–Trinajstić information content (AvgIpc) is 3.24. The van der Waals surface area contributed by atoms with Crippen LogP contribution < -0.4 is 5.32 Å². The van der Waals surface area contributed by atoms with E-state index in [0.29, 0.717) is 30.6 Å². The first kappa shape index (κ1) is 16.4. The van der Waals surface area contributed by atoms with E-state index in [0.717, 1.165) is 12.1 Å². The number of amides is 1.